The molecule has 106 valence electrons. The summed E-state index contributed by atoms with van der Waals surface area (Å²) in [4.78, 5) is 11.6. The van der Waals surface area contributed by atoms with Gasteiger partial charge in [0.05, 0.1) is 18.3 Å². The van der Waals surface area contributed by atoms with Crippen LogP contribution in [0, 0.1) is 0 Å². The first-order valence-electron chi connectivity index (χ1n) is 5.56. The minimum Gasteiger partial charge on any atom is -0.406 e. The molecule has 2 aromatic rings. The van der Waals surface area contributed by atoms with Crippen molar-refractivity contribution in [3.63, 3.8) is 0 Å². The average molecular weight is 285 g/mol. The number of ether oxygens (including phenoxy) is 1. The summed E-state index contributed by atoms with van der Waals surface area (Å²) in [5, 5.41) is 8.78. The SMILES string of the molecule is O=C(Cc1ccc(OC(F)(F)F)cc1)Nc1cn[nH]c1. The Labute approximate surface area is 111 Å². The quantitative estimate of drug-likeness (QED) is 0.907. The Balaban J connectivity index is 1.92. The number of halogens is 3. The van der Waals surface area contributed by atoms with Gasteiger partial charge in [-0.25, -0.2) is 0 Å². The van der Waals surface area contributed by atoms with Crippen LogP contribution in [0.25, 0.3) is 0 Å². The lowest BCUT2D eigenvalue weighted by Crippen LogP contribution is -2.17. The molecule has 0 fully saturated rings. The molecule has 2 rings (SSSR count). The van der Waals surface area contributed by atoms with Crippen molar-refractivity contribution in [3.8, 4) is 5.75 Å². The Bertz CT molecular complexity index is 565. The number of aromatic amines is 1. The minimum atomic E-state index is -4.72. The highest BCUT2D eigenvalue weighted by Gasteiger charge is 2.30. The molecule has 1 amide bonds. The first-order valence-corrected chi connectivity index (χ1v) is 5.56. The molecule has 0 unspecified atom stereocenters. The van der Waals surface area contributed by atoms with Crippen LogP contribution in [-0.2, 0) is 11.2 Å². The van der Waals surface area contributed by atoms with Gasteiger partial charge in [0.1, 0.15) is 5.75 Å². The Hall–Kier alpha value is -2.51. The van der Waals surface area contributed by atoms with Gasteiger partial charge in [-0.2, -0.15) is 5.10 Å². The minimum absolute atomic E-state index is 0.0392. The van der Waals surface area contributed by atoms with Gasteiger partial charge < -0.3 is 10.1 Å². The maximum atomic E-state index is 12.0. The monoisotopic (exact) mass is 285 g/mol. The van der Waals surface area contributed by atoms with Crippen molar-refractivity contribution in [1.29, 1.82) is 0 Å². The third-order valence-electron chi connectivity index (χ3n) is 2.30. The van der Waals surface area contributed by atoms with E-state index in [0.717, 1.165) is 12.1 Å². The smallest absolute Gasteiger partial charge is 0.406 e. The highest BCUT2D eigenvalue weighted by Crippen LogP contribution is 2.22. The summed E-state index contributed by atoms with van der Waals surface area (Å²) in [6, 6.07) is 5.12. The normalized spacial score (nSPS) is 11.2. The molecule has 20 heavy (non-hydrogen) atoms. The average Bonchev–Trinajstić information content (AvgIpc) is 2.82. The summed E-state index contributed by atoms with van der Waals surface area (Å²) in [7, 11) is 0. The van der Waals surface area contributed by atoms with Crippen molar-refractivity contribution in [2.24, 2.45) is 0 Å². The molecule has 0 spiro atoms. The zero-order valence-corrected chi connectivity index (χ0v) is 10.1. The van der Waals surface area contributed by atoms with Gasteiger partial charge >= 0.3 is 6.36 Å². The van der Waals surface area contributed by atoms with E-state index in [1.54, 1.807) is 0 Å². The second-order valence-electron chi connectivity index (χ2n) is 3.90. The molecule has 0 aliphatic heterocycles. The molecule has 1 heterocycles. The van der Waals surface area contributed by atoms with Crippen molar-refractivity contribution in [2.45, 2.75) is 12.8 Å². The number of H-pyrrole nitrogens is 1. The summed E-state index contributed by atoms with van der Waals surface area (Å²) in [6.45, 7) is 0. The highest BCUT2D eigenvalue weighted by atomic mass is 19.4. The van der Waals surface area contributed by atoms with E-state index in [9.17, 15) is 18.0 Å². The van der Waals surface area contributed by atoms with Gasteiger partial charge in [-0.05, 0) is 17.7 Å². The van der Waals surface area contributed by atoms with E-state index < -0.39 is 6.36 Å². The van der Waals surface area contributed by atoms with Crippen molar-refractivity contribution < 1.29 is 22.7 Å². The van der Waals surface area contributed by atoms with E-state index in [-0.39, 0.29) is 18.1 Å². The van der Waals surface area contributed by atoms with Gasteiger partial charge in [-0.1, -0.05) is 12.1 Å². The van der Waals surface area contributed by atoms with E-state index in [4.69, 9.17) is 0 Å². The zero-order chi connectivity index (χ0) is 14.6. The van der Waals surface area contributed by atoms with Crippen molar-refractivity contribution in [1.82, 2.24) is 10.2 Å². The molecule has 2 N–H and O–H groups in total. The number of nitrogens with zero attached hydrogens (tertiary/aromatic N) is 1. The molecular weight excluding hydrogens is 275 g/mol. The summed E-state index contributed by atoms with van der Waals surface area (Å²) in [6.07, 6.45) is -1.73. The first-order chi connectivity index (χ1) is 9.42. The van der Waals surface area contributed by atoms with Crippen LogP contribution < -0.4 is 10.1 Å². The lowest BCUT2D eigenvalue weighted by atomic mass is 10.1. The molecule has 0 aliphatic rings. The molecule has 5 nitrogen and oxygen atoms in total. The maximum absolute atomic E-state index is 12.0. The number of nitrogens with one attached hydrogen (secondary N) is 2. The number of hydrogen-bond acceptors (Lipinski definition) is 3. The van der Waals surface area contributed by atoms with Crippen LogP contribution in [0.4, 0.5) is 18.9 Å². The van der Waals surface area contributed by atoms with Gasteiger partial charge in [0.25, 0.3) is 0 Å². The highest BCUT2D eigenvalue weighted by molar-refractivity contribution is 5.91. The maximum Gasteiger partial charge on any atom is 0.573 e. The molecule has 8 heteroatoms. The Morgan fingerprint density at radius 1 is 1.30 bits per heavy atom. The number of benzene rings is 1. The fourth-order valence-corrected chi connectivity index (χ4v) is 1.52. The van der Waals surface area contributed by atoms with E-state index in [1.165, 1.54) is 24.5 Å². The summed E-state index contributed by atoms with van der Waals surface area (Å²) >= 11 is 0. The standard InChI is InChI=1S/C12H10F3N3O2/c13-12(14,15)20-10-3-1-8(2-4-10)5-11(19)18-9-6-16-17-7-9/h1-4,6-7H,5H2,(H,16,17)(H,18,19). The molecule has 0 bridgehead atoms. The fourth-order valence-electron chi connectivity index (χ4n) is 1.52. The van der Waals surface area contributed by atoms with E-state index in [1.807, 2.05) is 0 Å². The van der Waals surface area contributed by atoms with Crippen LogP contribution in [0.3, 0.4) is 0 Å². The van der Waals surface area contributed by atoms with Gasteiger partial charge in [0.2, 0.25) is 5.91 Å². The van der Waals surface area contributed by atoms with Crippen LogP contribution in [-0.4, -0.2) is 22.5 Å². The van der Waals surface area contributed by atoms with Crippen LogP contribution in [0.5, 0.6) is 5.75 Å². The number of amides is 1. The van der Waals surface area contributed by atoms with Crippen LogP contribution in [0.2, 0.25) is 0 Å². The van der Waals surface area contributed by atoms with Crippen LogP contribution in [0.1, 0.15) is 5.56 Å². The lowest BCUT2D eigenvalue weighted by molar-refractivity contribution is -0.274. The summed E-state index contributed by atoms with van der Waals surface area (Å²) in [5.41, 5.74) is 1.09. The number of hydrogen-bond donors (Lipinski definition) is 2. The van der Waals surface area contributed by atoms with E-state index >= 15 is 0 Å². The lowest BCUT2D eigenvalue weighted by Gasteiger charge is -2.09. The summed E-state index contributed by atoms with van der Waals surface area (Å²) in [5.74, 6) is -0.618. The number of aromatic nitrogens is 2. The number of rotatable bonds is 4. The third-order valence-corrected chi connectivity index (χ3v) is 2.30. The number of anilines is 1. The second-order valence-corrected chi connectivity index (χ2v) is 3.90. The Kier molecular flexibility index (Phi) is 3.92. The molecule has 0 aliphatic carbocycles. The van der Waals surface area contributed by atoms with Crippen LogP contribution in [0.15, 0.2) is 36.7 Å². The van der Waals surface area contributed by atoms with Crippen molar-refractivity contribution in [2.75, 3.05) is 5.32 Å². The van der Waals surface area contributed by atoms with Crippen molar-refractivity contribution >= 4 is 11.6 Å². The van der Waals surface area contributed by atoms with E-state index in [2.05, 4.69) is 20.3 Å². The number of carbonyl (C=O) groups is 1. The Morgan fingerprint density at radius 3 is 2.55 bits per heavy atom. The zero-order valence-electron chi connectivity index (χ0n) is 10.1. The topological polar surface area (TPSA) is 67.0 Å². The van der Waals surface area contributed by atoms with Gasteiger partial charge in [-0.15, -0.1) is 13.2 Å². The van der Waals surface area contributed by atoms with Gasteiger partial charge in [-0.3, -0.25) is 9.89 Å². The fraction of sp³-hybridized carbons (Fsp3) is 0.167. The van der Waals surface area contributed by atoms with Gasteiger partial charge in [0, 0.05) is 6.20 Å². The van der Waals surface area contributed by atoms with Gasteiger partial charge in [0.15, 0.2) is 0 Å². The van der Waals surface area contributed by atoms with E-state index in [0.29, 0.717) is 11.3 Å². The predicted octanol–water partition coefficient (Wildman–Crippen LogP) is 2.49. The number of alkyl halides is 3. The molecule has 0 radical (unpaired) electrons. The molecular formula is C12H10F3N3O2. The molecule has 1 aromatic heterocycles. The molecule has 1 aromatic carbocycles. The molecule has 0 saturated carbocycles. The third kappa shape index (κ3) is 4.30. The first kappa shape index (κ1) is 13.9. The number of carbonyl (C=O) groups excluding carboxylic acids is 1. The predicted molar refractivity (Wildman–Crippen MR) is 64.0 cm³/mol. The largest absolute Gasteiger partial charge is 0.573 e. The second kappa shape index (κ2) is 5.64. The van der Waals surface area contributed by atoms with Crippen LogP contribution >= 0.6 is 0 Å². The summed E-state index contributed by atoms with van der Waals surface area (Å²) < 4.78 is 39.6. The van der Waals surface area contributed by atoms with Crippen molar-refractivity contribution in [3.05, 3.63) is 42.2 Å². The Morgan fingerprint density at radius 2 is 2.00 bits per heavy atom. The molecule has 0 atom stereocenters. The molecule has 0 saturated heterocycles.